The molecule has 142 valence electrons. The van der Waals surface area contributed by atoms with Crippen molar-refractivity contribution in [1.82, 2.24) is 9.97 Å². The monoisotopic (exact) mass is 385 g/mol. The maximum absolute atomic E-state index is 11.8. The minimum absolute atomic E-state index is 0.0100. The van der Waals surface area contributed by atoms with E-state index < -0.39 is 9.84 Å². The molecule has 3 aromatic rings. The number of hydrogen-bond donors (Lipinski definition) is 2. The Bertz CT molecular complexity index is 1030. The van der Waals surface area contributed by atoms with Crippen LogP contribution in [0.1, 0.15) is 11.1 Å². The Morgan fingerprint density at radius 1 is 1.11 bits per heavy atom. The highest BCUT2D eigenvalue weighted by Gasteiger charge is 2.13. The fourth-order valence-electron chi connectivity index (χ4n) is 2.91. The number of sulfone groups is 1. The van der Waals surface area contributed by atoms with Gasteiger partial charge in [0, 0.05) is 30.7 Å². The smallest absolute Gasteiger partial charge is 0.175 e. The number of hydrogen-bond acceptors (Lipinski definition) is 6. The first kappa shape index (κ1) is 19.3. The number of aliphatic hydroxyl groups excluding tert-OH is 1. The zero-order valence-electron chi connectivity index (χ0n) is 15.4. The molecule has 27 heavy (non-hydrogen) atoms. The van der Waals surface area contributed by atoms with Gasteiger partial charge in [-0.05, 0) is 37.1 Å². The molecule has 0 bridgehead atoms. The second-order valence-corrected chi connectivity index (χ2v) is 8.81. The minimum atomic E-state index is -3.31. The molecule has 0 spiro atoms. The molecule has 2 N–H and O–H groups in total. The van der Waals surface area contributed by atoms with Crippen molar-refractivity contribution in [2.45, 2.75) is 18.2 Å². The van der Waals surface area contributed by atoms with E-state index in [4.69, 9.17) is 0 Å². The van der Waals surface area contributed by atoms with Gasteiger partial charge in [-0.1, -0.05) is 29.8 Å². The third-order valence-electron chi connectivity index (χ3n) is 4.50. The average molecular weight is 385 g/mol. The maximum atomic E-state index is 11.8. The van der Waals surface area contributed by atoms with Crippen LogP contribution in [0.4, 0.5) is 5.82 Å². The normalized spacial score (nSPS) is 12.9. The number of benzene rings is 2. The Labute approximate surface area is 159 Å². The molecule has 0 aliphatic carbocycles. The molecular formula is C20H23N3O3S. The Hall–Kier alpha value is -2.51. The number of aryl methyl sites for hydroxylation is 1. The summed E-state index contributed by atoms with van der Waals surface area (Å²) >= 11 is 0. The molecular weight excluding hydrogens is 362 g/mol. The van der Waals surface area contributed by atoms with Gasteiger partial charge < -0.3 is 10.4 Å². The first-order valence-corrected chi connectivity index (χ1v) is 10.6. The van der Waals surface area contributed by atoms with E-state index in [1.807, 2.05) is 6.92 Å². The van der Waals surface area contributed by atoms with Crippen LogP contribution >= 0.6 is 0 Å². The van der Waals surface area contributed by atoms with Gasteiger partial charge in [0.25, 0.3) is 0 Å². The molecule has 0 saturated carbocycles. The SMILES string of the molecule is Cc1ccc(C[C@@H](CO)CNc2ncnc3ccc(S(C)(=O)=O)cc23)cc1. The van der Waals surface area contributed by atoms with Crippen LogP contribution in [0, 0.1) is 12.8 Å². The number of aromatic nitrogens is 2. The highest BCUT2D eigenvalue weighted by atomic mass is 32.2. The molecule has 1 heterocycles. The van der Waals surface area contributed by atoms with Crippen molar-refractivity contribution in [3.63, 3.8) is 0 Å². The van der Waals surface area contributed by atoms with E-state index in [1.165, 1.54) is 18.1 Å². The number of anilines is 1. The Kier molecular flexibility index (Phi) is 5.72. The van der Waals surface area contributed by atoms with Crippen LogP contribution in [0.3, 0.4) is 0 Å². The highest BCUT2D eigenvalue weighted by Crippen LogP contribution is 2.23. The number of fused-ring (bicyclic) bond motifs is 1. The maximum Gasteiger partial charge on any atom is 0.175 e. The van der Waals surface area contributed by atoms with Crippen LogP contribution in [-0.4, -0.2) is 42.9 Å². The van der Waals surface area contributed by atoms with Gasteiger partial charge in [0.05, 0.1) is 10.4 Å². The van der Waals surface area contributed by atoms with Crippen molar-refractivity contribution in [3.8, 4) is 0 Å². The standard InChI is InChI=1S/C20H23N3O3S/c1-14-3-5-15(6-4-14)9-16(12-24)11-21-20-18-10-17(27(2,25)26)7-8-19(18)22-13-23-20/h3-8,10,13,16,24H,9,11-12H2,1-2H3,(H,21,22,23)/t16-/m1/s1. The summed E-state index contributed by atoms with van der Waals surface area (Å²) < 4.78 is 23.7. The van der Waals surface area contributed by atoms with Crippen LogP contribution in [0.15, 0.2) is 53.7 Å². The molecule has 1 aromatic heterocycles. The summed E-state index contributed by atoms with van der Waals surface area (Å²) in [7, 11) is -3.31. The largest absolute Gasteiger partial charge is 0.396 e. The van der Waals surface area contributed by atoms with Crippen molar-refractivity contribution in [2.75, 3.05) is 24.7 Å². The van der Waals surface area contributed by atoms with E-state index in [0.717, 1.165) is 12.0 Å². The fourth-order valence-corrected chi connectivity index (χ4v) is 3.55. The third-order valence-corrected chi connectivity index (χ3v) is 5.61. The Balaban J connectivity index is 1.79. The zero-order chi connectivity index (χ0) is 19.4. The van der Waals surface area contributed by atoms with Crippen LogP contribution in [0.25, 0.3) is 10.9 Å². The van der Waals surface area contributed by atoms with Crippen LogP contribution < -0.4 is 5.32 Å². The molecule has 7 heteroatoms. The molecule has 1 atom stereocenters. The van der Waals surface area contributed by atoms with Gasteiger partial charge in [0.2, 0.25) is 0 Å². The molecule has 0 unspecified atom stereocenters. The molecule has 0 aliphatic heterocycles. The molecule has 0 radical (unpaired) electrons. The van der Waals surface area contributed by atoms with Crippen molar-refractivity contribution < 1.29 is 13.5 Å². The van der Waals surface area contributed by atoms with Crippen LogP contribution in [0.5, 0.6) is 0 Å². The lowest BCUT2D eigenvalue weighted by atomic mass is 9.99. The number of aliphatic hydroxyl groups is 1. The van der Waals surface area contributed by atoms with E-state index in [0.29, 0.717) is 23.3 Å². The van der Waals surface area contributed by atoms with Crippen LogP contribution in [0.2, 0.25) is 0 Å². The van der Waals surface area contributed by atoms with Gasteiger partial charge in [-0.2, -0.15) is 0 Å². The summed E-state index contributed by atoms with van der Waals surface area (Å²) in [5.74, 6) is 0.573. The van der Waals surface area contributed by atoms with Gasteiger partial charge in [-0.3, -0.25) is 0 Å². The fraction of sp³-hybridized carbons (Fsp3) is 0.300. The second-order valence-electron chi connectivity index (χ2n) is 6.79. The number of rotatable bonds is 7. The highest BCUT2D eigenvalue weighted by molar-refractivity contribution is 7.90. The molecule has 0 saturated heterocycles. The molecule has 0 amide bonds. The Morgan fingerprint density at radius 2 is 1.85 bits per heavy atom. The van der Waals surface area contributed by atoms with Gasteiger partial charge in [0.1, 0.15) is 12.1 Å². The predicted octanol–water partition coefficient (Wildman–Crippen LogP) is 2.60. The van der Waals surface area contributed by atoms with Crippen LogP contribution in [-0.2, 0) is 16.3 Å². The lowest BCUT2D eigenvalue weighted by Gasteiger charge is -2.16. The Morgan fingerprint density at radius 3 is 2.52 bits per heavy atom. The van der Waals surface area contributed by atoms with Gasteiger partial charge in [-0.15, -0.1) is 0 Å². The van der Waals surface area contributed by atoms with Gasteiger partial charge in [-0.25, -0.2) is 18.4 Å². The van der Waals surface area contributed by atoms with Crippen molar-refractivity contribution in [1.29, 1.82) is 0 Å². The summed E-state index contributed by atoms with van der Waals surface area (Å²) in [4.78, 5) is 8.68. The first-order chi connectivity index (χ1) is 12.9. The molecule has 6 nitrogen and oxygen atoms in total. The second kappa shape index (κ2) is 8.02. The summed E-state index contributed by atoms with van der Waals surface area (Å²) in [5.41, 5.74) is 3.03. The van der Waals surface area contributed by atoms with E-state index >= 15 is 0 Å². The average Bonchev–Trinajstić information content (AvgIpc) is 2.65. The number of nitrogens with one attached hydrogen (secondary N) is 1. The number of nitrogens with zero attached hydrogens (tertiary/aromatic N) is 2. The van der Waals surface area contributed by atoms with E-state index in [9.17, 15) is 13.5 Å². The van der Waals surface area contributed by atoms with Gasteiger partial charge in [0.15, 0.2) is 9.84 Å². The summed E-state index contributed by atoms with van der Waals surface area (Å²) in [6, 6.07) is 13.0. The van der Waals surface area contributed by atoms with Crippen molar-refractivity contribution in [2.24, 2.45) is 5.92 Å². The summed E-state index contributed by atoms with van der Waals surface area (Å²) in [6.45, 7) is 2.60. The lowest BCUT2D eigenvalue weighted by molar-refractivity contribution is 0.232. The third kappa shape index (κ3) is 4.81. The van der Waals surface area contributed by atoms with Crippen molar-refractivity contribution in [3.05, 3.63) is 59.9 Å². The molecule has 0 fully saturated rings. The zero-order valence-corrected chi connectivity index (χ0v) is 16.2. The minimum Gasteiger partial charge on any atom is -0.396 e. The quantitative estimate of drug-likeness (QED) is 0.649. The molecule has 2 aromatic carbocycles. The van der Waals surface area contributed by atoms with Crippen molar-refractivity contribution >= 4 is 26.6 Å². The van der Waals surface area contributed by atoms with E-state index in [2.05, 4.69) is 39.6 Å². The van der Waals surface area contributed by atoms with Gasteiger partial charge >= 0.3 is 0 Å². The molecule has 3 rings (SSSR count). The molecule has 0 aliphatic rings. The lowest BCUT2D eigenvalue weighted by Crippen LogP contribution is -2.21. The predicted molar refractivity (Wildman–Crippen MR) is 107 cm³/mol. The summed E-state index contributed by atoms with van der Waals surface area (Å²) in [5, 5.41) is 13.6. The topological polar surface area (TPSA) is 92.2 Å². The van der Waals surface area contributed by atoms with E-state index in [-0.39, 0.29) is 17.4 Å². The summed E-state index contributed by atoms with van der Waals surface area (Å²) in [6.07, 6.45) is 3.36. The van der Waals surface area contributed by atoms with E-state index in [1.54, 1.807) is 18.2 Å². The first-order valence-electron chi connectivity index (χ1n) is 8.72.